The van der Waals surface area contributed by atoms with Gasteiger partial charge in [0, 0.05) is 38.0 Å². The average molecular weight is 754 g/mol. The molecule has 0 spiro atoms. The largest absolute Gasteiger partial charge is 0.384 e. The Morgan fingerprint density at radius 1 is 0.722 bits per heavy atom. The Bertz CT molecular complexity index is 1970. The molecule has 0 fully saturated rings. The number of amides is 3. The molecule has 0 aliphatic carbocycles. The normalized spacial score (nSPS) is 12.3. The molecule has 3 amide bonds. The lowest BCUT2D eigenvalue weighted by molar-refractivity contribution is -0.130. The van der Waals surface area contributed by atoms with Gasteiger partial charge < -0.3 is 27.4 Å². The minimum Gasteiger partial charge on any atom is -0.384 e. The van der Waals surface area contributed by atoms with Gasteiger partial charge in [0.15, 0.2) is 0 Å². The van der Waals surface area contributed by atoms with Crippen LogP contribution in [0.4, 0.5) is 0 Å². The average Bonchev–Trinajstić information content (AvgIpc) is 3.16. The molecule has 0 saturated heterocycles. The predicted molar refractivity (Wildman–Crippen MR) is 211 cm³/mol. The maximum absolute atomic E-state index is 14.1. The minimum atomic E-state index is -4.05. The summed E-state index contributed by atoms with van der Waals surface area (Å²) in [6, 6.07) is 28.8. The van der Waals surface area contributed by atoms with Crippen molar-refractivity contribution in [2.24, 2.45) is 11.5 Å². The second-order valence-corrected chi connectivity index (χ2v) is 15.0. The summed E-state index contributed by atoms with van der Waals surface area (Å²) in [5.41, 5.74) is 16.7. The maximum Gasteiger partial charge on any atom is 0.243 e. The van der Waals surface area contributed by atoms with Gasteiger partial charge in [-0.05, 0) is 59.1 Å². The highest BCUT2D eigenvalue weighted by atomic mass is 32.2. The van der Waals surface area contributed by atoms with Crippen molar-refractivity contribution in [2.45, 2.75) is 82.9 Å². The van der Waals surface area contributed by atoms with Gasteiger partial charge in [0.25, 0.3) is 0 Å². The summed E-state index contributed by atoms with van der Waals surface area (Å²) in [4.78, 5) is 39.8. The maximum atomic E-state index is 14.1. The van der Waals surface area contributed by atoms with E-state index < -0.39 is 33.9 Å². The van der Waals surface area contributed by atoms with Crippen molar-refractivity contribution in [3.63, 3.8) is 0 Å². The SMILES string of the molecule is CCCC(=O)NCc1cccc(CS(=O)(=O)N[C@H](CCCc2ccccc2)C(=O)N[C@@H](Cc2cccc(CN)c2)C(=O)NCc2ccc(C(=N)N)cc2)c1. The molecular formula is C41H51N7O5S. The Morgan fingerprint density at radius 3 is 2.04 bits per heavy atom. The molecule has 0 aliphatic rings. The van der Waals surface area contributed by atoms with Crippen LogP contribution >= 0.6 is 0 Å². The topological polar surface area (TPSA) is 209 Å². The van der Waals surface area contributed by atoms with Crippen LogP contribution in [0.25, 0.3) is 0 Å². The van der Waals surface area contributed by atoms with E-state index >= 15 is 0 Å². The molecule has 0 saturated carbocycles. The fourth-order valence-electron chi connectivity index (χ4n) is 5.94. The predicted octanol–water partition coefficient (Wildman–Crippen LogP) is 3.70. The third-order valence-corrected chi connectivity index (χ3v) is 10.1. The first kappa shape index (κ1) is 41.4. The van der Waals surface area contributed by atoms with Gasteiger partial charge in [0.2, 0.25) is 27.7 Å². The molecule has 54 heavy (non-hydrogen) atoms. The number of carbonyl (C=O) groups excluding carboxylic acids is 3. The number of rotatable bonds is 21. The number of carbonyl (C=O) groups is 3. The fourth-order valence-corrected chi connectivity index (χ4v) is 7.30. The molecule has 4 aromatic rings. The van der Waals surface area contributed by atoms with E-state index in [2.05, 4.69) is 20.7 Å². The van der Waals surface area contributed by atoms with Gasteiger partial charge in [0.1, 0.15) is 17.9 Å². The Hall–Kier alpha value is -5.37. The number of hydrogen-bond acceptors (Lipinski definition) is 7. The molecule has 4 aromatic carbocycles. The molecule has 0 radical (unpaired) electrons. The lowest BCUT2D eigenvalue weighted by Crippen LogP contribution is -2.54. The number of hydrogen-bond donors (Lipinski definition) is 7. The Labute approximate surface area is 318 Å². The summed E-state index contributed by atoms with van der Waals surface area (Å²) in [7, 11) is -4.05. The first-order valence-electron chi connectivity index (χ1n) is 18.1. The highest BCUT2D eigenvalue weighted by Gasteiger charge is 2.29. The van der Waals surface area contributed by atoms with Crippen molar-refractivity contribution >= 4 is 33.6 Å². The van der Waals surface area contributed by atoms with Crippen LogP contribution in [0, 0.1) is 5.41 Å². The van der Waals surface area contributed by atoms with Crippen LogP contribution in [0.15, 0.2) is 103 Å². The van der Waals surface area contributed by atoms with E-state index in [1.54, 1.807) is 42.5 Å². The van der Waals surface area contributed by atoms with Crippen molar-refractivity contribution in [3.8, 4) is 0 Å². The summed E-state index contributed by atoms with van der Waals surface area (Å²) < 4.78 is 29.9. The molecule has 0 unspecified atom stereocenters. The van der Waals surface area contributed by atoms with E-state index in [0.717, 1.165) is 34.2 Å². The Morgan fingerprint density at radius 2 is 1.35 bits per heavy atom. The minimum absolute atomic E-state index is 0.0664. The smallest absolute Gasteiger partial charge is 0.243 e. The number of sulfonamides is 1. The van der Waals surface area contributed by atoms with Crippen molar-refractivity contribution in [3.05, 3.63) is 142 Å². The van der Waals surface area contributed by atoms with Gasteiger partial charge in [-0.15, -0.1) is 0 Å². The van der Waals surface area contributed by atoms with Crippen LogP contribution in [-0.4, -0.2) is 44.1 Å². The molecule has 0 bridgehead atoms. The quantitative estimate of drug-likeness (QED) is 0.0495. The Kier molecular flexibility index (Phi) is 15.9. The van der Waals surface area contributed by atoms with E-state index in [1.165, 1.54) is 0 Å². The number of aryl methyl sites for hydroxylation is 1. The van der Waals surface area contributed by atoms with E-state index in [9.17, 15) is 22.8 Å². The van der Waals surface area contributed by atoms with E-state index in [4.69, 9.17) is 16.9 Å². The third kappa shape index (κ3) is 13.9. The highest BCUT2D eigenvalue weighted by molar-refractivity contribution is 7.88. The molecule has 0 heterocycles. The van der Waals surface area contributed by atoms with Crippen molar-refractivity contribution in [1.29, 1.82) is 5.41 Å². The van der Waals surface area contributed by atoms with Crippen LogP contribution in [0.2, 0.25) is 0 Å². The van der Waals surface area contributed by atoms with E-state index in [0.29, 0.717) is 36.9 Å². The number of nitrogen functional groups attached to an aromatic ring is 1. The molecule has 2 atom stereocenters. The zero-order valence-electron chi connectivity index (χ0n) is 30.6. The van der Waals surface area contributed by atoms with Gasteiger partial charge >= 0.3 is 0 Å². The van der Waals surface area contributed by atoms with Crippen LogP contribution in [0.5, 0.6) is 0 Å². The van der Waals surface area contributed by atoms with Crippen LogP contribution in [0.3, 0.4) is 0 Å². The van der Waals surface area contributed by atoms with Gasteiger partial charge in [-0.1, -0.05) is 110 Å². The molecule has 12 nitrogen and oxygen atoms in total. The van der Waals surface area contributed by atoms with E-state index in [-0.39, 0.29) is 43.4 Å². The second-order valence-electron chi connectivity index (χ2n) is 13.3. The summed E-state index contributed by atoms with van der Waals surface area (Å²) in [6.07, 6.45) is 2.58. The summed E-state index contributed by atoms with van der Waals surface area (Å²) in [6.45, 7) is 2.64. The molecule has 9 N–H and O–H groups in total. The van der Waals surface area contributed by atoms with E-state index in [1.807, 2.05) is 67.6 Å². The monoisotopic (exact) mass is 753 g/mol. The number of amidine groups is 1. The standard InChI is InChI=1S/C41H51N7O5S/c1-2-9-38(49)45-27-33-15-7-16-34(23-33)28-54(52,53)48-36(17-8-12-29-10-4-3-5-11-29)41(51)47-37(24-31-13-6-14-32(22-31)25-42)40(50)46-26-30-18-20-35(21-19-30)39(43)44/h3-7,10-11,13-16,18-23,36-37,48H,2,8-9,12,17,24-28,42H2,1H3,(H3,43,44)(H,45,49)(H,46,50)(H,47,51)/t36-,37+/m1/s1. The van der Waals surface area contributed by atoms with Gasteiger partial charge in [-0.2, -0.15) is 0 Å². The molecular weight excluding hydrogens is 703 g/mol. The number of nitrogens with one attached hydrogen (secondary N) is 5. The van der Waals surface area contributed by atoms with Gasteiger partial charge in [-0.3, -0.25) is 19.8 Å². The second kappa shape index (κ2) is 20.8. The third-order valence-electron chi connectivity index (χ3n) is 8.79. The zero-order chi connectivity index (χ0) is 38.9. The molecule has 13 heteroatoms. The number of nitrogens with two attached hydrogens (primary N) is 2. The highest BCUT2D eigenvalue weighted by Crippen LogP contribution is 2.14. The Balaban J connectivity index is 1.53. The lowest BCUT2D eigenvalue weighted by atomic mass is 10.0. The fraction of sp³-hybridized carbons (Fsp3) is 0.317. The van der Waals surface area contributed by atoms with Crippen molar-refractivity contribution in [1.82, 2.24) is 20.7 Å². The van der Waals surface area contributed by atoms with Crippen molar-refractivity contribution in [2.75, 3.05) is 0 Å². The summed E-state index contributed by atoms with van der Waals surface area (Å²) in [5.74, 6) is -1.61. The van der Waals surface area contributed by atoms with Gasteiger partial charge in [-0.25, -0.2) is 13.1 Å². The lowest BCUT2D eigenvalue weighted by Gasteiger charge is -2.24. The molecule has 0 aliphatic heterocycles. The summed E-state index contributed by atoms with van der Waals surface area (Å²) >= 11 is 0. The molecule has 0 aromatic heterocycles. The zero-order valence-corrected chi connectivity index (χ0v) is 31.5. The van der Waals surface area contributed by atoms with Crippen LogP contribution in [-0.2, 0) is 62.6 Å². The van der Waals surface area contributed by atoms with Gasteiger partial charge in [0.05, 0.1) is 5.75 Å². The summed E-state index contributed by atoms with van der Waals surface area (Å²) in [5, 5.41) is 16.2. The first-order valence-corrected chi connectivity index (χ1v) is 19.8. The van der Waals surface area contributed by atoms with Crippen molar-refractivity contribution < 1.29 is 22.8 Å². The first-order chi connectivity index (χ1) is 25.9. The van der Waals surface area contributed by atoms with Crippen LogP contribution < -0.4 is 32.1 Å². The molecule has 4 rings (SSSR count). The van der Waals surface area contributed by atoms with Crippen LogP contribution in [0.1, 0.15) is 71.6 Å². The number of benzene rings is 4. The molecule has 286 valence electrons.